The molecule has 0 nitrogen and oxygen atoms in total. The summed E-state index contributed by atoms with van der Waals surface area (Å²) in [5.41, 5.74) is 1.76. The van der Waals surface area contributed by atoms with Crippen molar-refractivity contribution in [2.24, 2.45) is 0 Å². The fourth-order valence-electron chi connectivity index (χ4n) is 3.55. The number of hydrogen-bond donors (Lipinski definition) is 0. The van der Waals surface area contributed by atoms with E-state index in [-0.39, 0.29) is 22.2 Å². The molecule has 0 N–H and O–H groups in total. The fourth-order valence-corrected chi connectivity index (χ4v) is 3.55. The summed E-state index contributed by atoms with van der Waals surface area (Å²) in [5.74, 6) is -4.40. The minimum Gasteiger partial charge on any atom is -0.207 e. The van der Waals surface area contributed by atoms with Gasteiger partial charge in [-0.1, -0.05) is 86.6 Å². The quantitative estimate of drug-likeness (QED) is 0.197. The van der Waals surface area contributed by atoms with Crippen molar-refractivity contribution in [2.75, 3.05) is 0 Å². The Morgan fingerprint density at radius 3 is 1.29 bits per heavy atom. The highest BCUT2D eigenvalue weighted by molar-refractivity contribution is 5.30. The minimum atomic E-state index is -1.15. The van der Waals surface area contributed by atoms with Crippen molar-refractivity contribution < 1.29 is 26.3 Å². The van der Waals surface area contributed by atoms with Crippen molar-refractivity contribution in [1.29, 1.82) is 0 Å². The molecule has 0 aliphatic heterocycles. The fraction of sp³-hybridized carbons (Fsp3) is 0.438. The number of hydrogen-bond acceptors (Lipinski definition) is 0. The van der Waals surface area contributed by atoms with E-state index in [9.17, 15) is 26.3 Å². The summed E-state index contributed by atoms with van der Waals surface area (Å²) in [4.78, 5) is 0. The van der Waals surface area contributed by atoms with Crippen LogP contribution < -0.4 is 0 Å². The van der Waals surface area contributed by atoms with Crippen LogP contribution in [0.15, 0.2) is 42.5 Å². The summed E-state index contributed by atoms with van der Waals surface area (Å²) in [5, 5.41) is 0. The van der Waals surface area contributed by atoms with Crippen molar-refractivity contribution >= 4 is 0 Å². The molecule has 0 amide bonds. The van der Waals surface area contributed by atoms with Crippen molar-refractivity contribution in [3.63, 3.8) is 0 Å². The lowest BCUT2D eigenvalue weighted by Crippen LogP contribution is -2.14. The van der Waals surface area contributed by atoms with Crippen LogP contribution in [0.1, 0.15) is 90.1 Å². The molecule has 0 aromatic heterocycles. The molecule has 0 saturated carbocycles. The third kappa shape index (κ3) is 9.21. The van der Waals surface area contributed by atoms with Crippen LogP contribution in [0.3, 0.4) is 0 Å². The maximum atomic E-state index is 13.4. The predicted molar refractivity (Wildman–Crippen MR) is 145 cm³/mol. The normalized spacial score (nSPS) is 11.8. The Balaban J connectivity index is 0.000000285. The lowest BCUT2D eigenvalue weighted by Gasteiger charge is -2.20. The van der Waals surface area contributed by atoms with Gasteiger partial charge in [-0.05, 0) is 70.0 Å². The van der Waals surface area contributed by atoms with Crippen LogP contribution in [0.4, 0.5) is 26.3 Å². The molecule has 0 spiro atoms. The molecule has 3 rings (SSSR count). The van der Waals surface area contributed by atoms with E-state index < -0.39 is 34.5 Å². The van der Waals surface area contributed by atoms with Crippen LogP contribution in [0, 0.1) is 48.8 Å². The summed E-state index contributed by atoms with van der Waals surface area (Å²) in [6.07, 6.45) is 0. The number of halogens is 6. The zero-order valence-electron chi connectivity index (χ0n) is 24.3. The Bertz CT molecular complexity index is 1230. The Morgan fingerprint density at radius 2 is 0.842 bits per heavy atom. The molecule has 0 atom stereocenters. The highest BCUT2D eigenvalue weighted by Gasteiger charge is 2.22. The molecule has 0 fully saturated rings. The van der Waals surface area contributed by atoms with Gasteiger partial charge in [0.15, 0.2) is 23.3 Å². The van der Waals surface area contributed by atoms with Crippen molar-refractivity contribution in [3.05, 3.63) is 105 Å². The summed E-state index contributed by atoms with van der Waals surface area (Å²) >= 11 is 0. The third-order valence-electron chi connectivity index (χ3n) is 5.83. The first-order valence-corrected chi connectivity index (χ1v) is 12.4. The molecule has 0 aliphatic rings. The second-order valence-electron chi connectivity index (χ2n) is 12.5. The van der Waals surface area contributed by atoms with Gasteiger partial charge in [-0.3, -0.25) is 0 Å². The van der Waals surface area contributed by atoms with Gasteiger partial charge in [0, 0.05) is 6.07 Å². The summed E-state index contributed by atoms with van der Waals surface area (Å²) in [7, 11) is 0. The van der Waals surface area contributed by atoms with Crippen LogP contribution in [0.2, 0.25) is 0 Å². The van der Waals surface area contributed by atoms with Gasteiger partial charge in [-0.25, -0.2) is 26.3 Å². The van der Waals surface area contributed by atoms with Crippen molar-refractivity contribution in [2.45, 2.75) is 92.4 Å². The van der Waals surface area contributed by atoms with Crippen molar-refractivity contribution in [3.8, 4) is 0 Å². The van der Waals surface area contributed by atoms with Crippen LogP contribution in [-0.4, -0.2) is 0 Å². The smallest absolute Gasteiger partial charge is 0.162 e. The maximum Gasteiger partial charge on any atom is 0.162 e. The van der Waals surface area contributed by atoms with E-state index in [1.807, 2.05) is 60.6 Å². The molecule has 0 aliphatic carbocycles. The number of aryl methyl sites for hydroxylation is 2. The summed E-state index contributed by atoms with van der Waals surface area (Å²) in [6, 6.07) is 10.1. The molecule has 0 bridgehead atoms. The summed E-state index contributed by atoms with van der Waals surface area (Å²) in [6.45, 7) is 20.3. The van der Waals surface area contributed by atoms with Gasteiger partial charge >= 0.3 is 0 Å². The van der Waals surface area contributed by atoms with Crippen LogP contribution in [-0.2, 0) is 16.2 Å². The molecule has 6 heteroatoms. The van der Waals surface area contributed by atoms with E-state index in [1.54, 1.807) is 45.9 Å². The van der Waals surface area contributed by atoms with E-state index >= 15 is 0 Å². The first kappa shape index (κ1) is 33.3. The second kappa shape index (κ2) is 12.4. The van der Waals surface area contributed by atoms with E-state index in [0.717, 1.165) is 17.2 Å². The molecule has 3 aromatic rings. The summed E-state index contributed by atoms with van der Waals surface area (Å²) < 4.78 is 78.3. The molecular weight excluding hydrogens is 498 g/mol. The Labute approximate surface area is 224 Å². The van der Waals surface area contributed by atoms with Gasteiger partial charge in [0.25, 0.3) is 0 Å². The Morgan fingerprint density at radius 1 is 0.421 bits per heavy atom. The topological polar surface area (TPSA) is 0 Å². The van der Waals surface area contributed by atoms with E-state index in [2.05, 4.69) is 0 Å². The molecule has 0 unspecified atom stereocenters. The van der Waals surface area contributed by atoms with Crippen LogP contribution in [0.25, 0.3) is 0 Å². The predicted octanol–water partition coefficient (Wildman–Crippen LogP) is 10.4. The number of benzene rings is 3. The van der Waals surface area contributed by atoms with Gasteiger partial charge in [0.1, 0.15) is 11.6 Å². The molecule has 0 radical (unpaired) electrons. The second-order valence-corrected chi connectivity index (χ2v) is 12.5. The molecule has 210 valence electrons. The first-order chi connectivity index (χ1) is 17.1. The lowest BCUT2D eigenvalue weighted by atomic mass is 9.86. The zero-order valence-corrected chi connectivity index (χ0v) is 24.3. The van der Waals surface area contributed by atoms with E-state index in [1.165, 1.54) is 0 Å². The Hall–Kier alpha value is -2.76. The standard InChI is InChI=1S/C11H14F2.C11H15F.C10H11F3/c1-7-5-6-8(11(2,3)4)10(13)9(7)12;1-8-5-6-9(10(12)7-8)11(2,3)4;1-10(2,3)6-4-8(12)9(13)5-7(6)11/h5-6H,1-4H3;5-7H,1-4H3;4-5H,1-3H3. The molecule has 0 heterocycles. The van der Waals surface area contributed by atoms with E-state index in [4.69, 9.17) is 0 Å². The van der Waals surface area contributed by atoms with E-state index in [0.29, 0.717) is 17.2 Å². The maximum absolute atomic E-state index is 13.4. The molecule has 38 heavy (non-hydrogen) atoms. The van der Waals surface area contributed by atoms with Gasteiger partial charge in [-0.2, -0.15) is 0 Å². The average molecular weight is 539 g/mol. The first-order valence-electron chi connectivity index (χ1n) is 12.4. The van der Waals surface area contributed by atoms with Crippen LogP contribution >= 0.6 is 0 Å². The monoisotopic (exact) mass is 538 g/mol. The van der Waals surface area contributed by atoms with Crippen LogP contribution in [0.5, 0.6) is 0 Å². The molecular formula is C32H40F6. The molecule has 3 aromatic carbocycles. The van der Waals surface area contributed by atoms with Gasteiger partial charge in [0.05, 0.1) is 0 Å². The van der Waals surface area contributed by atoms with Gasteiger partial charge in [0.2, 0.25) is 0 Å². The zero-order chi connectivity index (χ0) is 29.8. The highest BCUT2D eigenvalue weighted by atomic mass is 19.2. The highest BCUT2D eigenvalue weighted by Crippen LogP contribution is 2.28. The Kier molecular flexibility index (Phi) is 10.9. The third-order valence-corrected chi connectivity index (χ3v) is 5.83. The van der Waals surface area contributed by atoms with Crippen molar-refractivity contribution in [1.82, 2.24) is 0 Å². The van der Waals surface area contributed by atoms with Gasteiger partial charge < -0.3 is 0 Å². The SMILES string of the molecule is CC(C)(C)c1cc(F)c(F)cc1F.Cc1ccc(C(C)(C)C)c(F)c1.Cc1ccc(C(C)(C)C)c(F)c1F. The van der Waals surface area contributed by atoms with Gasteiger partial charge in [-0.15, -0.1) is 0 Å². The largest absolute Gasteiger partial charge is 0.207 e. The minimum absolute atomic E-state index is 0.0949. The molecule has 0 saturated heterocycles. The number of rotatable bonds is 0. The lowest BCUT2D eigenvalue weighted by molar-refractivity contribution is 0.461. The average Bonchev–Trinajstić information content (AvgIpc) is 2.73.